The minimum atomic E-state index is -0.598. The second kappa shape index (κ2) is 6.07. The van der Waals surface area contributed by atoms with E-state index in [9.17, 15) is 4.79 Å². The molecule has 0 unspecified atom stereocenters. The Balaban J connectivity index is 0.00000162. The van der Waals surface area contributed by atoms with Crippen LogP contribution in [-0.2, 0) is 4.79 Å². The van der Waals surface area contributed by atoms with E-state index < -0.39 is 5.54 Å². The summed E-state index contributed by atoms with van der Waals surface area (Å²) in [4.78, 5) is 11.7. The maximum atomic E-state index is 11.7. The Hall–Kier alpha value is -1.26. The highest BCUT2D eigenvalue weighted by Gasteiger charge is 2.37. The van der Waals surface area contributed by atoms with E-state index in [4.69, 9.17) is 5.73 Å². The van der Waals surface area contributed by atoms with Gasteiger partial charge in [0, 0.05) is 5.69 Å². The highest BCUT2D eigenvalue weighted by atomic mass is 35.5. The zero-order valence-electron chi connectivity index (χ0n) is 10.5. The molecule has 1 fully saturated rings. The quantitative estimate of drug-likeness (QED) is 0.778. The van der Waals surface area contributed by atoms with Crippen LogP contribution in [0.4, 0.5) is 5.69 Å². The number of amides is 1. The number of hydrogen-bond donors (Lipinski definition) is 3. The van der Waals surface area contributed by atoms with Crippen LogP contribution in [-0.4, -0.2) is 24.5 Å². The van der Waals surface area contributed by atoms with Crippen LogP contribution >= 0.6 is 12.4 Å². The lowest BCUT2D eigenvalue weighted by Gasteiger charge is -2.36. The summed E-state index contributed by atoms with van der Waals surface area (Å²) in [7, 11) is 0. The van der Waals surface area contributed by atoms with Crippen molar-refractivity contribution in [1.29, 1.82) is 0 Å². The lowest BCUT2D eigenvalue weighted by molar-refractivity contribution is -0.123. The van der Waals surface area contributed by atoms with Crippen molar-refractivity contribution in [3.05, 3.63) is 29.8 Å². The van der Waals surface area contributed by atoms with Gasteiger partial charge in [0.05, 0.1) is 0 Å². The third-order valence-corrected chi connectivity index (χ3v) is 3.33. The average Bonchev–Trinajstić information content (AvgIpc) is 2.30. The lowest BCUT2D eigenvalue weighted by atomic mass is 9.87. The van der Waals surface area contributed by atoms with E-state index in [-0.39, 0.29) is 18.3 Å². The third-order valence-electron chi connectivity index (χ3n) is 3.33. The monoisotopic (exact) mass is 269 g/mol. The number of nitrogens with one attached hydrogen (secondary N) is 2. The summed E-state index contributed by atoms with van der Waals surface area (Å²) in [6.45, 7) is 3.67. The van der Waals surface area contributed by atoms with Crippen molar-refractivity contribution < 1.29 is 4.79 Å². The molecule has 18 heavy (non-hydrogen) atoms. The fourth-order valence-electron chi connectivity index (χ4n) is 2.29. The lowest BCUT2D eigenvalue weighted by Crippen LogP contribution is -2.56. The Kier molecular flexibility index (Phi) is 4.99. The number of carbonyl (C=O) groups is 1. The Morgan fingerprint density at radius 2 is 2.06 bits per heavy atom. The average molecular weight is 270 g/mol. The van der Waals surface area contributed by atoms with Gasteiger partial charge >= 0.3 is 0 Å². The van der Waals surface area contributed by atoms with Gasteiger partial charge in [0.25, 0.3) is 0 Å². The molecule has 0 atom stereocenters. The van der Waals surface area contributed by atoms with Crippen molar-refractivity contribution in [2.75, 3.05) is 18.4 Å². The van der Waals surface area contributed by atoms with Crippen LogP contribution in [0.2, 0.25) is 0 Å². The summed E-state index contributed by atoms with van der Waals surface area (Å²) in [6.07, 6.45) is 1.46. The van der Waals surface area contributed by atoms with Gasteiger partial charge in [0.1, 0.15) is 5.54 Å². The standard InChI is InChI=1S/C13H19N3O.ClH/c1-10-3-2-4-11(9-10)16-13(12(14)17)5-7-15-8-6-13;/h2-4,9,15-16H,5-8H2,1H3,(H2,14,17);1H. The first-order valence-corrected chi connectivity index (χ1v) is 5.98. The molecule has 100 valence electrons. The van der Waals surface area contributed by atoms with Crippen molar-refractivity contribution in [3.63, 3.8) is 0 Å². The number of benzene rings is 1. The second-order valence-corrected chi connectivity index (χ2v) is 4.69. The van der Waals surface area contributed by atoms with Crippen molar-refractivity contribution in [3.8, 4) is 0 Å². The molecule has 0 aromatic heterocycles. The molecular weight excluding hydrogens is 250 g/mol. The first-order chi connectivity index (χ1) is 8.12. The van der Waals surface area contributed by atoms with Gasteiger partial charge in [-0.2, -0.15) is 0 Å². The zero-order valence-corrected chi connectivity index (χ0v) is 11.3. The zero-order chi connectivity index (χ0) is 12.3. The molecule has 1 amide bonds. The van der Waals surface area contributed by atoms with E-state index in [1.807, 2.05) is 31.2 Å². The number of primary amides is 1. The molecule has 1 heterocycles. The largest absolute Gasteiger partial charge is 0.371 e. The van der Waals surface area contributed by atoms with Crippen molar-refractivity contribution in [2.45, 2.75) is 25.3 Å². The number of halogens is 1. The van der Waals surface area contributed by atoms with E-state index in [1.54, 1.807) is 0 Å². The van der Waals surface area contributed by atoms with Crippen LogP contribution < -0.4 is 16.4 Å². The van der Waals surface area contributed by atoms with Gasteiger partial charge in [0.15, 0.2) is 0 Å². The fourth-order valence-corrected chi connectivity index (χ4v) is 2.29. The minimum Gasteiger partial charge on any atom is -0.371 e. The van der Waals surface area contributed by atoms with Crippen molar-refractivity contribution in [2.24, 2.45) is 5.73 Å². The fraction of sp³-hybridized carbons (Fsp3) is 0.462. The number of piperidine rings is 1. The van der Waals surface area contributed by atoms with Crippen LogP contribution in [0.5, 0.6) is 0 Å². The molecule has 0 saturated carbocycles. The molecule has 2 rings (SSSR count). The van der Waals surface area contributed by atoms with E-state index in [1.165, 1.54) is 5.56 Å². The molecule has 1 aromatic carbocycles. The summed E-state index contributed by atoms with van der Waals surface area (Å²) in [5.41, 5.74) is 7.09. The van der Waals surface area contributed by atoms with E-state index >= 15 is 0 Å². The second-order valence-electron chi connectivity index (χ2n) is 4.69. The summed E-state index contributed by atoms with van der Waals surface area (Å²) >= 11 is 0. The van der Waals surface area contributed by atoms with Gasteiger partial charge in [-0.3, -0.25) is 4.79 Å². The SMILES string of the molecule is Cc1cccc(NC2(C(N)=O)CCNCC2)c1.Cl. The van der Waals surface area contributed by atoms with Gasteiger partial charge < -0.3 is 16.4 Å². The normalized spacial score (nSPS) is 17.6. The Morgan fingerprint density at radius 1 is 1.39 bits per heavy atom. The molecule has 0 spiro atoms. The van der Waals surface area contributed by atoms with E-state index in [0.29, 0.717) is 0 Å². The highest BCUT2D eigenvalue weighted by molar-refractivity contribution is 5.88. The molecule has 4 N–H and O–H groups in total. The number of rotatable bonds is 3. The first-order valence-electron chi connectivity index (χ1n) is 5.98. The Bertz CT molecular complexity index is 416. The highest BCUT2D eigenvalue weighted by Crippen LogP contribution is 2.24. The van der Waals surface area contributed by atoms with Crippen LogP contribution in [0.15, 0.2) is 24.3 Å². The smallest absolute Gasteiger partial charge is 0.243 e. The number of anilines is 1. The summed E-state index contributed by atoms with van der Waals surface area (Å²) < 4.78 is 0. The molecule has 0 radical (unpaired) electrons. The number of carbonyl (C=O) groups excluding carboxylic acids is 1. The molecule has 5 heteroatoms. The summed E-state index contributed by atoms with van der Waals surface area (Å²) in [5.74, 6) is -0.263. The molecular formula is C13H20ClN3O. The first kappa shape index (κ1) is 14.8. The van der Waals surface area contributed by atoms with Crippen LogP contribution in [0.1, 0.15) is 18.4 Å². The van der Waals surface area contributed by atoms with E-state index in [2.05, 4.69) is 10.6 Å². The van der Waals surface area contributed by atoms with Gasteiger partial charge in [-0.15, -0.1) is 12.4 Å². The maximum Gasteiger partial charge on any atom is 0.243 e. The van der Waals surface area contributed by atoms with Crippen LogP contribution in [0, 0.1) is 6.92 Å². The van der Waals surface area contributed by atoms with Crippen molar-refractivity contribution >= 4 is 24.0 Å². The predicted molar refractivity (Wildman–Crippen MR) is 76.1 cm³/mol. The predicted octanol–water partition coefficient (Wildman–Crippen LogP) is 1.44. The Labute approximate surface area is 114 Å². The Morgan fingerprint density at radius 3 is 2.61 bits per heavy atom. The maximum absolute atomic E-state index is 11.7. The topological polar surface area (TPSA) is 67.1 Å². The van der Waals surface area contributed by atoms with Gasteiger partial charge in [-0.25, -0.2) is 0 Å². The molecule has 1 aromatic rings. The molecule has 4 nitrogen and oxygen atoms in total. The third kappa shape index (κ3) is 3.15. The molecule has 1 aliphatic heterocycles. The van der Waals surface area contributed by atoms with E-state index in [0.717, 1.165) is 31.6 Å². The van der Waals surface area contributed by atoms with Gasteiger partial charge in [-0.05, 0) is 50.6 Å². The van der Waals surface area contributed by atoms with Crippen molar-refractivity contribution in [1.82, 2.24) is 5.32 Å². The molecule has 1 aliphatic rings. The summed E-state index contributed by atoms with van der Waals surface area (Å²) in [6, 6.07) is 8.02. The van der Waals surface area contributed by atoms with Gasteiger partial charge in [0.2, 0.25) is 5.91 Å². The molecule has 0 bridgehead atoms. The number of nitrogens with two attached hydrogens (primary N) is 1. The molecule has 0 aliphatic carbocycles. The van der Waals surface area contributed by atoms with Gasteiger partial charge in [-0.1, -0.05) is 12.1 Å². The molecule has 1 saturated heterocycles. The number of aryl methyl sites for hydroxylation is 1. The van der Waals surface area contributed by atoms with Crippen LogP contribution in [0.3, 0.4) is 0 Å². The number of hydrogen-bond acceptors (Lipinski definition) is 3. The summed E-state index contributed by atoms with van der Waals surface area (Å²) in [5, 5.41) is 6.56. The minimum absolute atomic E-state index is 0. The van der Waals surface area contributed by atoms with Crippen LogP contribution in [0.25, 0.3) is 0 Å².